The second kappa shape index (κ2) is 7.41. The van der Waals surface area contributed by atoms with Gasteiger partial charge in [0.1, 0.15) is 6.10 Å². The summed E-state index contributed by atoms with van der Waals surface area (Å²) in [5.41, 5.74) is 0. The van der Waals surface area contributed by atoms with Gasteiger partial charge in [0.25, 0.3) is 0 Å². The molecule has 5 heteroatoms. The van der Waals surface area contributed by atoms with Crippen molar-refractivity contribution in [3.63, 3.8) is 0 Å². The van der Waals surface area contributed by atoms with Crippen LogP contribution in [0, 0.1) is 0 Å². The van der Waals surface area contributed by atoms with Gasteiger partial charge in [-0.15, -0.1) is 6.58 Å². The van der Waals surface area contributed by atoms with E-state index in [9.17, 15) is 9.59 Å². The largest absolute Gasteiger partial charge is 0.504 e. The van der Waals surface area contributed by atoms with Gasteiger partial charge in [-0.3, -0.25) is 9.59 Å². The maximum Gasteiger partial charge on any atom is 0.247 e. The third-order valence-corrected chi connectivity index (χ3v) is 2.65. The first-order chi connectivity index (χ1) is 9.02. The van der Waals surface area contributed by atoms with Crippen molar-refractivity contribution in [2.45, 2.75) is 32.3 Å². The van der Waals surface area contributed by atoms with E-state index in [2.05, 4.69) is 11.9 Å². The molecule has 19 heavy (non-hydrogen) atoms. The first kappa shape index (κ1) is 15.0. The zero-order valence-electron chi connectivity index (χ0n) is 11.0. The molecular weight excluding hydrogens is 246 g/mol. The maximum atomic E-state index is 11.4. The maximum absolute atomic E-state index is 11.4. The normalized spacial score (nSPS) is 18.5. The molecule has 0 spiro atoms. The van der Waals surface area contributed by atoms with Crippen molar-refractivity contribution in [1.82, 2.24) is 5.32 Å². The van der Waals surface area contributed by atoms with Crippen molar-refractivity contribution >= 4 is 11.7 Å². The Morgan fingerprint density at radius 3 is 3.00 bits per heavy atom. The quantitative estimate of drug-likeness (QED) is 0.418. The van der Waals surface area contributed by atoms with Gasteiger partial charge in [-0.2, -0.15) is 0 Å². The van der Waals surface area contributed by atoms with E-state index in [-0.39, 0.29) is 6.10 Å². The van der Waals surface area contributed by atoms with Crippen LogP contribution in [0.1, 0.15) is 26.2 Å². The highest BCUT2D eigenvalue weighted by molar-refractivity contribution is 5.99. The summed E-state index contributed by atoms with van der Waals surface area (Å²) < 4.78 is 5.61. The van der Waals surface area contributed by atoms with E-state index in [0.717, 1.165) is 31.1 Å². The van der Waals surface area contributed by atoms with Crippen LogP contribution in [0.25, 0.3) is 0 Å². The molecule has 1 aliphatic rings. The average Bonchev–Trinajstić information content (AvgIpc) is 2.81. The smallest absolute Gasteiger partial charge is 0.247 e. The Morgan fingerprint density at radius 1 is 1.63 bits per heavy atom. The predicted octanol–water partition coefficient (Wildman–Crippen LogP) is 1.77. The van der Waals surface area contributed by atoms with Gasteiger partial charge in [0.15, 0.2) is 11.5 Å². The number of Topliss-reactive ketones (excluding diaryl/α,β-unsaturated/α-hetero) is 1. The van der Waals surface area contributed by atoms with Crippen LogP contribution in [0.5, 0.6) is 0 Å². The zero-order chi connectivity index (χ0) is 14.3. The number of allylic oxidation sites excluding steroid dienone is 3. The number of carbonyl (C=O) groups excluding carboxylic acids is 2. The van der Waals surface area contributed by atoms with E-state index in [0.29, 0.717) is 6.54 Å². The van der Waals surface area contributed by atoms with Gasteiger partial charge in [0.2, 0.25) is 5.91 Å². The van der Waals surface area contributed by atoms with Gasteiger partial charge in [-0.05, 0) is 12.5 Å². The highest BCUT2D eigenvalue weighted by atomic mass is 16.5. The number of hydrogen-bond acceptors (Lipinski definition) is 4. The Bertz CT molecular complexity index is 423. The predicted molar refractivity (Wildman–Crippen MR) is 71.4 cm³/mol. The molecule has 0 aliphatic carbocycles. The molecule has 5 nitrogen and oxygen atoms in total. The van der Waals surface area contributed by atoms with E-state index >= 15 is 0 Å². The number of rotatable bonds is 7. The summed E-state index contributed by atoms with van der Waals surface area (Å²) in [5, 5.41) is 11.7. The summed E-state index contributed by atoms with van der Waals surface area (Å²) in [5.74, 6) is -0.674. The second-order valence-electron chi connectivity index (χ2n) is 4.30. The van der Waals surface area contributed by atoms with Crippen molar-refractivity contribution in [2.24, 2.45) is 0 Å². The minimum absolute atomic E-state index is 0.0864. The SMILES string of the molecule is C=CCCC1=CCC(CNC(=O)/C=C(\O)C(C)=O)O1. The summed E-state index contributed by atoms with van der Waals surface area (Å²) in [4.78, 5) is 22.1. The number of nitrogens with one attached hydrogen (secondary N) is 1. The topological polar surface area (TPSA) is 75.6 Å². The van der Waals surface area contributed by atoms with Gasteiger partial charge >= 0.3 is 0 Å². The molecule has 0 radical (unpaired) electrons. The van der Waals surface area contributed by atoms with Gasteiger partial charge in [0, 0.05) is 25.8 Å². The van der Waals surface area contributed by atoms with Crippen molar-refractivity contribution in [3.05, 3.63) is 36.3 Å². The van der Waals surface area contributed by atoms with Gasteiger partial charge in [0.05, 0.1) is 12.3 Å². The highest BCUT2D eigenvalue weighted by Crippen LogP contribution is 2.20. The summed E-state index contributed by atoms with van der Waals surface area (Å²) in [6.45, 7) is 5.18. The molecule has 1 unspecified atom stereocenters. The molecule has 104 valence electrons. The minimum atomic E-state index is -0.547. The Kier molecular flexibility index (Phi) is 5.85. The second-order valence-corrected chi connectivity index (χ2v) is 4.30. The lowest BCUT2D eigenvalue weighted by Gasteiger charge is -2.13. The first-order valence-electron chi connectivity index (χ1n) is 6.19. The van der Waals surface area contributed by atoms with E-state index in [1.807, 2.05) is 12.2 Å². The van der Waals surface area contributed by atoms with Crippen LogP contribution >= 0.6 is 0 Å². The van der Waals surface area contributed by atoms with Crippen LogP contribution in [-0.2, 0) is 14.3 Å². The van der Waals surface area contributed by atoms with Crippen LogP contribution in [0.2, 0.25) is 0 Å². The standard InChI is InChI=1S/C14H19NO4/c1-3-4-5-11-6-7-12(19-11)9-15-14(18)8-13(17)10(2)16/h3,6,8,12,17H,1,4-5,7,9H2,2H3,(H,15,18)/b13-8-. The average molecular weight is 265 g/mol. The van der Waals surface area contributed by atoms with Gasteiger partial charge in [-0.25, -0.2) is 0 Å². The molecule has 1 heterocycles. The number of hydrogen-bond donors (Lipinski definition) is 2. The zero-order valence-corrected chi connectivity index (χ0v) is 11.0. The fraction of sp³-hybridized carbons (Fsp3) is 0.429. The van der Waals surface area contributed by atoms with E-state index < -0.39 is 17.4 Å². The molecule has 0 aromatic heterocycles. The van der Waals surface area contributed by atoms with Gasteiger partial charge in [-0.1, -0.05) is 6.08 Å². The van der Waals surface area contributed by atoms with Crippen LogP contribution in [-0.4, -0.2) is 29.4 Å². The summed E-state index contributed by atoms with van der Waals surface area (Å²) >= 11 is 0. The fourth-order valence-corrected chi connectivity index (χ4v) is 1.59. The molecule has 0 aromatic rings. The Hall–Kier alpha value is -2.04. The van der Waals surface area contributed by atoms with E-state index in [1.54, 1.807) is 0 Å². The lowest BCUT2D eigenvalue weighted by molar-refractivity contribution is -0.119. The van der Waals surface area contributed by atoms with Gasteiger partial charge < -0.3 is 15.2 Å². The lowest BCUT2D eigenvalue weighted by Crippen LogP contribution is -2.31. The van der Waals surface area contributed by atoms with Crippen molar-refractivity contribution in [1.29, 1.82) is 0 Å². The molecule has 2 N–H and O–H groups in total. The monoisotopic (exact) mass is 265 g/mol. The van der Waals surface area contributed by atoms with E-state index in [4.69, 9.17) is 9.84 Å². The van der Waals surface area contributed by atoms with Crippen LogP contribution < -0.4 is 5.32 Å². The third-order valence-electron chi connectivity index (χ3n) is 2.65. The molecular formula is C14H19NO4. The minimum Gasteiger partial charge on any atom is -0.504 e. The first-order valence-corrected chi connectivity index (χ1v) is 6.19. The fourth-order valence-electron chi connectivity index (χ4n) is 1.59. The molecule has 0 saturated carbocycles. The molecule has 1 atom stereocenters. The number of amides is 1. The van der Waals surface area contributed by atoms with Crippen molar-refractivity contribution in [3.8, 4) is 0 Å². The lowest BCUT2D eigenvalue weighted by atomic mass is 10.2. The number of aliphatic hydroxyl groups excluding tert-OH is 1. The molecule has 0 bridgehead atoms. The molecule has 0 aromatic carbocycles. The highest BCUT2D eigenvalue weighted by Gasteiger charge is 2.18. The van der Waals surface area contributed by atoms with Crippen molar-refractivity contribution in [2.75, 3.05) is 6.54 Å². The molecule has 1 aliphatic heterocycles. The number of ether oxygens (including phenoxy) is 1. The third kappa shape index (κ3) is 5.42. The van der Waals surface area contributed by atoms with E-state index in [1.165, 1.54) is 6.92 Å². The van der Waals surface area contributed by atoms with Crippen LogP contribution in [0.4, 0.5) is 0 Å². The Morgan fingerprint density at radius 2 is 2.37 bits per heavy atom. The van der Waals surface area contributed by atoms with Crippen LogP contribution in [0.15, 0.2) is 36.3 Å². The Labute approximate surface area is 112 Å². The summed E-state index contributed by atoms with van der Waals surface area (Å²) in [7, 11) is 0. The number of ketones is 1. The van der Waals surface area contributed by atoms with Crippen molar-refractivity contribution < 1.29 is 19.4 Å². The molecule has 0 saturated heterocycles. The Balaban J connectivity index is 2.28. The summed E-state index contributed by atoms with van der Waals surface area (Å²) in [6.07, 6.45) is 7.05. The number of carbonyl (C=O) groups is 2. The molecule has 1 rings (SSSR count). The summed E-state index contributed by atoms with van der Waals surface area (Å²) in [6, 6.07) is 0. The number of aliphatic hydroxyl groups is 1. The van der Waals surface area contributed by atoms with Crippen LogP contribution in [0.3, 0.4) is 0 Å². The molecule has 0 fully saturated rings. The molecule has 1 amide bonds.